The van der Waals surface area contributed by atoms with Crippen LogP contribution in [0.25, 0.3) is 0 Å². The van der Waals surface area contributed by atoms with Crippen LogP contribution in [0, 0.1) is 5.82 Å². The summed E-state index contributed by atoms with van der Waals surface area (Å²) in [6.45, 7) is 4.87. The maximum Gasteiger partial charge on any atom is 0.335 e. The lowest BCUT2D eigenvalue weighted by Gasteiger charge is -2.41. The first-order valence-electron chi connectivity index (χ1n) is 6.50. The van der Waals surface area contributed by atoms with Gasteiger partial charge in [0, 0.05) is 6.54 Å². The van der Waals surface area contributed by atoms with Crippen molar-refractivity contribution in [1.29, 1.82) is 0 Å². The molecule has 0 atom stereocenters. The quantitative estimate of drug-likeness (QED) is 0.876. The number of halogens is 1. The summed E-state index contributed by atoms with van der Waals surface area (Å²) in [7, 11) is 0. The number of morpholine rings is 1. The lowest BCUT2D eigenvalue weighted by atomic mass is 10.0. The van der Waals surface area contributed by atoms with Gasteiger partial charge in [-0.2, -0.15) is 0 Å². The second kappa shape index (κ2) is 5.69. The summed E-state index contributed by atoms with van der Waals surface area (Å²) in [5.74, 6) is -1.86. The third-order valence-electron chi connectivity index (χ3n) is 3.35. The highest BCUT2D eigenvalue weighted by Gasteiger charge is 2.34. The number of hydrogen-bond acceptors (Lipinski definition) is 3. The highest BCUT2D eigenvalue weighted by Crippen LogP contribution is 2.22. The average molecular weight is 296 g/mol. The monoisotopic (exact) mass is 296 g/mol. The van der Waals surface area contributed by atoms with E-state index in [1.807, 2.05) is 13.8 Å². The van der Waals surface area contributed by atoms with E-state index in [4.69, 9.17) is 9.84 Å². The maximum absolute atomic E-state index is 13.7. The van der Waals surface area contributed by atoms with Crippen molar-refractivity contribution in [2.75, 3.05) is 25.1 Å². The van der Waals surface area contributed by atoms with E-state index in [9.17, 15) is 14.0 Å². The molecule has 1 aromatic rings. The van der Waals surface area contributed by atoms with Gasteiger partial charge in [0.05, 0.1) is 30.0 Å². The zero-order valence-corrected chi connectivity index (χ0v) is 11.9. The molecular weight excluding hydrogens is 279 g/mol. The van der Waals surface area contributed by atoms with Gasteiger partial charge in [0.15, 0.2) is 0 Å². The number of carboxylic acids is 1. The van der Waals surface area contributed by atoms with Crippen LogP contribution in [0.2, 0.25) is 0 Å². The summed E-state index contributed by atoms with van der Waals surface area (Å²) >= 11 is 0. The summed E-state index contributed by atoms with van der Waals surface area (Å²) in [6.07, 6.45) is 0. The van der Waals surface area contributed by atoms with Gasteiger partial charge in [0.25, 0.3) is 0 Å². The minimum atomic E-state index is -1.18. The zero-order valence-electron chi connectivity index (χ0n) is 11.9. The molecule has 6 nitrogen and oxygen atoms in total. The predicted octanol–water partition coefficient (Wildman–Crippen LogP) is 2.17. The van der Waals surface area contributed by atoms with Crippen molar-refractivity contribution in [3.63, 3.8) is 0 Å². The van der Waals surface area contributed by atoms with Crippen LogP contribution in [0.5, 0.6) is 0 Å². The standard InChI is InChI=1S/C14H17FN2O4/c1-14(2)8-21-6-5-17(14)13(20)16-11-7-9(12(18)19)3-4-10(11)15/h3-4,7H,5-6,8H2,1-2H3,(H,16,20)(H,18,19). The van der Waals surface area contributed by atoms with Crippen molar-refractivity contribution in [3.8, 4) is 0 Å². The minimum Gasteiger partial charge on any atom is -0.478 e. The van der Waals surface area contributed by atoms with Crippen LogP contribution in [-0.2, 0) is 4.74 Å². The van der Waals surface area contributed by atoms with Gasteiger partial charge in [-0.15, -0.1) is 0 Å². The van der Waals surface area contributed by atoms with Crippen molar-refractivity contribution in [2.45, 2.75) is 19.4 Å². The molecule has 21 heavy (non-hydrogen) atoms. The van der Waals surface area contributed by atoms with E-state index in [1.165, 1.54) is 0 Å². The predicted molar refractivity (Wildman–Crippen MR) is 74.0 cm³/mol. The van der Waals surface area contributed by atoms with E-state index in [-0.39, 0.29) is 11.3 Å². The number of nitrogens with zero attached hydrogens (tertiary/aromatic N) is 1. The zero-order chi connectivity index (χ0) is 15.6. The van der Waals surface area contributed by atoms with Gasteiger partial charge >= 0.3 is 12.0 Å². The van der Waals surface area contributed by atoms with Gasteiger partial charge in [-0.25, -0.2) is 14.0 Å². The molecule has 0 radical (unpaired) electrons. The topological polar surface area (TPSA) is 78.9 Å². The smallest absolute Gasteiger partial charge is 0.335 e. The SMILES string of the molecule is CC1(C)COCCN1C(=O)Nc1cc(C(=O)O)ccc1F. The van der Waals surface area contributed by atoms with E-state index in [0.717, 1.165) is 18.2 Å². The normalized spacial score (nSPS) is 17.4. The van der Waals surface area contributed by atoms with E-state index in [0.29, 0.717) is 19.8 Å². The second-order valence-electron chi connectivity index (χ2n) is 5.45. The van der Waals surface area contributed by atoms with Crippen LogP contribution in [0.4, 0.5) is 14.9 Å². The number of rotatable bonds is 2. The first-order valence-corrected chi connectivity index (χ1v) is 6.50. The Kier molecular flexibility index (Phi) is 4.13. The van der Waals surface area contributed by atoms with Crippen molar-refractivity contribution in [1.82, 2.24) is 4.90 Å². The number of ether oxygens (including phenoxy) is 1. The number of carboxylic acid groups (broad SMARTS) is 1. The lowest BCUT2D eigenvalue weighted by Crippen LogP contribution is -2.56. The number of carbonyl (C=O) groups excluding carboxylic acids is 1. The maximum atomic E-state index is 13.7. The van der Waals surface area contributed by atoms with E-state index < -0.39 is 23.4 Å². The number of amides is 2. The van der Waals surface area contributed by atoms with Gasteiger partial charge in [0.1, 0.15) is 5.82 Å². The van der Waals surface area contributed by atoms with Crippen LogP contribution in [0.3, 0.4) is 0 Å². The molecule has 0 spiro atoms. The largest absolute Gasteiger partial charge is 0.478 e. The Morgan fingerprint density at radius 2 is 2.14 bits per heavy atom. The molecule has 0 unspecified atom stereocenters. The molecule has 0 bridgehead atoms. The molecule has 1 heterocycles. The average Bonchev–Trinajstić information content (AvgIpc) is 2.40. The molecule has 1 aromatic carbocycles. The Morgan fingerprint density at radius 1 is 1.43 bits per heavy atom. The van der Waals surface area contributed by atoms with E-state index in [2.05, 4.69) is 5.32 Å². The summed E-state index contributed by atoms with van der Waals surface area (Å²) in [5, 5.41) is 11.3. The Hall–Kier alpha value is -2.15. The molecule has 2 rings (SSSR count). The molecule has 2 N–H and O–H groups in total. The first-order chi connectivity index (χ1) is 9.81. The van der Waals surface area contributed by atoms with E-state index >= 15 is 0 Å². The fourth-order valence-corrected chi connectivity index (χ4v) is 2.17. The Morgan fingerprint density at radius 3 is 2.76 bits per heavy atom. The van der Waals surface area contributed by atoms with Gasteiger partial charge in [-0.3, -0.25) is 0 Å². The molecule has 0 aliphatic carbocycles. The number of hydrogen-bond donors (Lipinski definition) is 2. The third-order valence-corrected chi connectivity index (χ3v) is 3.35. The number of carbonyl (C=O) groups is 2. The molecule has 7 heteroatoms. The molecule has 0 aromatic heterocycles. The highest BCUT2D eigenvalue weighted by atomic mass is 19.1. The molecule has 1 aliphatic heterocycles. The number of anilines is 1. The fourth-order valence-electron chi connectivity index (χ4n) is 2.17. The number of urea groups is 1. The molecule has 1 saturated heterocycles. The van der Waals surface area contributed by atoms with Crippen molar-refractivity contribution in [3.05, 3.63) is 29.6 Å². The summed E-state index contributed by atoms with van der Waals surface area (Å²) in [5.41, 5.74) is -0.751. The molecule has 1 aliphatic rings. The second-order valence-corrected chi connectivity index (χ2v) is 5.45. The Bertz CT molecular complexity index is 574. The first kappa shape index (κ1) is 15.2. The molecular formula is C14H17FN2O4. The highest BCUT2D eigenvalue weighted by molar-refractivity contribution is 5.93. The fraction of sp³-hybridized carbons (Fsp3) is 0.429. The van der Waals surface area contributed by atoms with Gasteiger partial charge < -0.3 is 20.1 Å². The molecule has 114 valence electrons. The summed E-state index contributed by atoms with van der Waals surface area (Å²) in [4.78, 5) is 24.7. The van der Waals surface area contributed by atoms with Crippen LogP contribution >= 0.6 is 0 Å². The molecule has 2 amide bonds. The lowest BCUT2D eigenvalue weighted by molar-refractivity contribution is -0.0249. The van der Waals surface area contributed by atoms with Crippen LogP contribution in [0.15, 0.2) is 18.2 Å². The van der Waals surface area contributed by atoms with E-state index in [1.54, 1.807) is 4.90 Å². The Balaban J connectivity index is 2.19. The number of nitrogens with one attached hydrogen (secondary N) is 1. The third kappa shape index (κ3) is 3.30. The van der Waals surface area contributed by atoms with Gasteiger partial charge in [-0.05, 0) is 32.0 Å². The summed E-state index contributed by atoms with van der Waals surface area (Å²) in [6, 6.07) is 2.78. The van der Waals surface area contributed by atoms with Crippen molar-refractivity contribution < 1.29 is 23.8 Å². The molecule has 1 fully saturated rings. The minimum absolute atomic E-state index is 0.0899. The number of aromatic carboxylic acids is 1. The van der Waals surface area contributed by atoms with Gasteiger partial charge in [-0.1, -0.05) is 0 Å². The number of benzene rings is 1. The Labute approximate surface area is 121 Å². The van der Waals surface area contributed by atoms with Crippen LogP contribution in [0.1, 0.15) is 24.2 Å². The van der Waals surface area contributed by atoms with Crippen LogP contribution in [-0.4, -0.2) is 47.3 Å². The summed E-state index contributed by atoms with van der Waals surface area (Å²) < 4.78 is 19.0. The van der Waals surface area contributed by atoms with Crippen molar-refractivity contribution >= 4 is 17.7 Å². The van der Waals surface area contributed by atoms with Crippen LogP contribution < -0.4 is 5.32 Å². The van der Waals surface area contributed by atoms with Crippen molar-refractivity contribution in [2.24, 2.45) is 0 Å². The van der Waals surface area contributed by atoms with Gasteiger partial charge in [0.2, 0.25) is 0 Å². The molecule has 0 saturated carbocycles.